The lowest BCUT2D eigenvalue weighted by molar-refractivity contribution is -0.131. The van der Waals surface area contributed by atoms with Crippen LogP contribution in [0.15, 0.2) is 29.2 Å². The Morgan fingerprint density at radius 1 is 1.19 bits per heavy atom. The zero-order chi connectivity index (χ0) is 19.2. The Morgan fingerprint density at radius 3 is 2.74 bits per heavy atom. The van der Waals surface area contributed by atoms with Crippen LogP contribution in [0.3, 0.4) is 0 Å². The molecule has 0 aromatic heterocycles. The van der Waals surface area contributed by atoms with E-state index in [1.54, 1.807) is 6.08 Å². The van der Waals surface area contributed by atoms with Gasteiger partial charge in [-0.2, -0.15) is 0 Å². The lowest BCUT2D eigenvalue weighted by Gasteiger charge is -2.25. The predicted octanol–water partition coefficient (Wildman–Crippen LogP) is 1.79. The Balaban J connectivity index is 1.74. The molecule has 27 heavy (non-hydrogen) atoms. The van der Waals surface area contributed by atoms with Crippen molar-refractivity contribution >= 4 is 40.6 Å². The fourth-order valence-electron chi connectivity index (χ4n) is 3.28. The highest BCUT2D eigenvalue weighted by Crippen LogP contribution is 2.30. The number of imide groups is 1. The summed E-state index contributed by atoms with van der Waals surface area (Å²) >= 11 is 0.920. The molecule has 144 valence electrons. The maximum absolute atomic E-state index is 12.3. The second kappa shape index (κ2) is 9.05. The maximum Gasteiger partial charge on any atom is 0.290 e. The van der Waals surface area contributed by atoms with Crippen molar-refractivity contribution in [2.75, 3.05) is 37.6 Å². The summed E-state index contributed by atoms with van der Waals surface area (Å²) in [6.45, 7) is 3.51. The standard InChI is InChI=1S/C19H24N4O3S/c20-8-3-7-17(24)23-10-4-9-22(11-12-23)15-6-2-1-5-14(15)13-16-18(25)21-19(26)27-16/h1-2,5-6,13H,3-4,7-12,20H2,(H,21,25,26)/b16-13-. The van der Waals surface area contributed by atoms with Crippen LogP contribution < -0.4 is 16.0 Å². The van der Waals surface area contributed by atoms with Crippen LogP contribution in [-0.4, -0.2) is 54.7 Å². The number of para-hydroxylation sites is 1. The number of hydrogen-bond acceptors (Lipinski definition) is 6. The van der Waals surface area contributed by atoms with Crippen LogP contribution >= 0.6 is 11.8 Å². The van der Waals surface area contributed by atoms with Crippen LogP contribution in [0.25, 0.3) is 6.08 Å². The molecule has 0 radical (unpaired) electrons. The quantitative estimate of drug-likeness (QED) is 0.747. The van der Waals surface area contributed by atoms with Gasteiger partial charge in [0.15, 0.2) is 0 Å². The Kier molecular flexibility index (Phi) is 6.52. The number of nitrogens with one attached hydrogen (secondary N) is 1. The fraction of sp³-hybridized carbons (Fsp3) is 0.421. The molecule has 1 aromatic carbocycles. The van der Waals surface area contributed by atoms with Crippen molar-refractivity contribution in [1.29, 1.82) is 0 Å². The van der Waals surface area contributed by atoms with Gasteiger partial charge in [0.25, 0.3) is 11.1 Å². The Morgan fingerprint density at radius 2 is 2.00 bits per heavy atom. The lowest BCUT2D eigenvalue weighted by Crippen LogP contribution is -2.35. The van der Waals surface area contributed by atoms with Crippen molar-refractivity contribution in [3.8, 4) is 0 Å². The monoisotopic (exact) mass is 388 g/mol. The molecule has 0 spiro atoms. The molecular weight excluding hydrogens is 364 g/mol. The van der Waals surface area contributed by atoms with Gasteiger partial charge in [-0.15, -0.1) is 0 Å². The Bertz CT molecular complexity index is 765. The highest BCUT2D eigenvalue weighted by Gasteiger charge is 2.26. The van der Waals surface area contributed by atoms with E-state index in [-0.39, 0.29) is 17.1 Å². The smallest absolute Gasteiger partial charge is 0.290 e. The molecule has 0 aliphatic carbocycles. The minimum atomic E-state index is -0.354. The van der Waals surface area contributed by atoms with Crippen LogP contribution in [0, 0.1) is 0 Å². The first-order valence-electron chi connectivity index (χ1n) is 9.15. The molecule has 3 rings (SSSR count). The largest absolute Gasteiger partial charge is 0.369 e. The average molecular weight is 388 g/mol. The summed E-state index contributed by atoms with van der Waals surface area (Å²) in [6.07, 6.45) is 3.86. The van der Waals surface area contributed by atoms with E-state index in [1.807, 2.05) is 29.2 Å². The summed E-state index contributed by atoms with van der Waals surface area (Å²) in [5.74, 6) is -0.192. The Labute approximate surface area is 162 Å². The molecule has 2 aliphatic heterocycles. The first-order chi connectivity index (χ1) is 13.1. The van der Waals surface area contributed by atoms with Gasteiger partial charge in [-0.25, -0.2) is 0 Å². The highest BCUT2D eigenvalue weighted by atomic mass is 32.2. The molecule has 2 aliphatic rings. The molecule has 2 fully saturated rings. The highest BCUT2D eigenvalue weighted by molar-refractivity contribution is 8.18. The van der Waals surface area contributed by atoms with Gasteiger partial charge < -0.3 is 15.5 Å². The Hall–Kier alpha value is -2.32. The van der Waals surface area contributed by atoms with Crippen molar-refractivity contribution in [1.82, 2.24) is 10.2 Å². The molecule has 0 bridgehead atoms. The summed E-state index contributed by atoms with van der Waals surface area (Å²) in [4.78, 5) is 40.1. The minimum absolute atomic E-state index is 0.162. The van der Waals surface area contributed by atoms with E-state index in [9.17, 15) is 14.4 Å². The summed E-state index contributed by atoms with van der Waals surface area (Å²) < 4.78 is 0. The fourth-order valence-corrected chi connectivity index (χ4v) is 3.95. The molecule has 8 heteroatoms. The molecule has 0 saturated carbocycles. The minimum Gasteiger partial charge on any atom is -0.369 e. The summed E-state index contributed by atoms with van der Waals surface area (Å²) in [6, 6.07) is 7.82. The van der Waals surface area contributed by atoms with Crippen molar-refractivity contribution in [2.45, 2.75) is 19.3 Å². The average Bonchev–Trinajstić information content (AvgIpc) is 2.86. The van der Waals surface area contributed by atoms with Gasteiger partial charge in [-0.3, -0.25) is 19.7 Å². The van der Waals surface area contributed by atoms with E-state index in [2.05, 4.69) is 10.2 Å². The first-order valence-corrected chi connectivity index (χ1v) is 9.97. The molecule has 3 N–H and O–H groups in total. The van der Waals surface area contributed by atoms with E-state index < -0.39 is 0 Å². The van der Waals surface area contributed by atoms with Crippen molar-refractivity contribution in [3.05, 3.63) is 34.7 Å². The molecule has 7 nitrogen and oxygen atoms in total. The third-order valence-electron chi connectivity index (χ3n) is 4.65. The van der Waals surface area contributed by atoms with Crippen molar-refractivity contribution in [2.24, 2.45) is 5.73 Å². The van der Waals surface area contributed by atoms with Crippen LogP contribution in [0.5, 0.6) is 0 Å². The number of amides is 3. The van der Waals surface area contributed by atoms with E-state index in [0.29, 0.717) is 30.8 Å². The van der Waals surface area contributed by atoms with Crippen LogP contribution in [-0.2, 0) is 9.59 Å². The summed E-state index contributed by atoms with van der Waals surface area (Å²) in [7, 11) is 0. The molecule has 0 unspecified atom stereocenters. The van der Waals surface area contributed by atoms with Gasteiger partial charge in [0.2, 0.25) is 5.91 Å². The number of hydrogen-bond donors (Lipinski definition) is 2. The molecule has 2 saturated heterocycles. The maximum atomic E-state index is 12.3. The van der Waals surface area contributed by atoms with Gasteiger partial charge in [-0.1, -0.05) is 18.2 Å². The second-order valence-corrected chi connectivity index (χ2v) is 7.54. The van der Waals surface area contributed by atoms with E-state index in [4.69, 9.17) is 5.73 Å². The topological polar surface area (TPSA) is 95.7 Å². The number of rotatable bonds is 5. The number of carbonyl (C=O) groups excluding carboxylic acids is 3. The predicted molar refractivity (Wildman–Crippen MR) is 107 cm³/mol. The van der Waals surface area contributed by atoms with Crippen molar-refractivity contribution < 1.29 is 14.4 Å². The summed E-state index contributed by atoms with van der Waals surface area (Å²) in [5.41, 5.74) is 7.41. The lowest BCUT2D eigenvalue weighted by atomic mass is 10.1. The SMILES string of the molecule is NCCCC(=O)N1CCCN(c2ccccc2/C=C2\SC(=O)NC2=O)CC1. The van der Waals surface area contributed by atoms with Gasteiger partial charge in [-0.05, 0) is 48.9 Å². The number of thioether (sulfide) groups is 1. The van der Waals surface area contributed by atoms with Gasteiger partial charge in [0.05, 0.1) is 4.91 Å². The van der Waals surface area contributed by atoms with Crippen LogP contribution in [0.4, 0.5) is 10.5 Å². The number of anilines is 1. The summed E-state index contributed by atoms with van der Waals surface area (Å²) in [5, 5.41) is 1.94. The molecule has 1 aromatic rings. The van der Waals surface area contributed by atoms with Gasteiger partial charge in [0.1, 0.15) is 0 Å². The molecule has 2 heterocycles. The number of benzene rings is 1. The van der Waals surface area contributed by atoms with Gasteiger partial charge in [0, 0.05) is 38.3 Å². The van der Waals surface area contributed by atoms with Crippen LogP contribution in [0.2, 0.25) is 0 Å². The van der Waals surface area contributed by atoms with Crippen molar-refractivity contribution in [3.63, 3.8) is 0 Å². The number of nitrogens with zero attached hydrogens (tertiary/aromatic N) is 2. The number of carbonyl (C=O) groups is 3. The third-order valence-corrected chi connectivity index (χ3v) is 5.46. The zero-order valence-corrected chi connectivity index (χ0v) is 16.0. The van der Waals surface area contributed by atoms with E-state index in [1.165, 1.54) is 0 Å². The zero-order valence-electron chi connectivity index (χ0n) is 15.1. The number of nitrogens with two attached hydrogens (primary N) is 1. The molecule has 0 atom stereocenters. The van der Waals surface area contributed by atoms with E-state index in [0.717, 1.165) is 49.1 Å². The van der Waals surface area contributed by atoms with Crippen LogP contribution in [0.1, 0.15) is 24.8 Å². The first kappa shape index (κ1) is 19.4. The third kappa shape index (κ3) is 4.90. The molecule has 3 amide bonds. The second-order valence-electron chi connectivity index (χ2n) is 6.52. The normalized spacial score (nSPS) is 19.4. The van der Waals surface area contributed by atoms with Gasteiger partial charge >= 0.3 is 0 Å². The molecular formula is C19H24N4O3S. The van der Waals surface area contributed by atoms with E-state index >= 15 is 0 Å².